The first-order valence-electron chi connectivity index (χ1n) is 11.3. The van der Waals surface area contributed by atoms with E-state index in [1.807, 2.05) is 17.9 Å². The molecular formula is C24H32N4O3. The summed E-state index contributed by atoms with van der Waals surface area (Å²) in [4.78, 5) is 34.7. The Balaban J connectivity index is 1.36. The van der Waals surface area contributed by atoms with Crippen LogP contribution in [0.1, 0.15) is 48.9 Å². The molecule has 4 rings (SSSR count). The van der Waals surface area contributed by atoms with Crippen molar-refractivity contribution in [3.63, 3.8) is 0 Å². The number of aromatic nitrogens is 2. The van der Waals surface area contributed by atoms with Gasteiger partial charge >= 0.3 is 0 Å². The van der Waals surface area contributed by atoms with Crippen molar-refractivity contribution in [2.45, 2.75) is 50.9 Å². The van der Waals surface area contributed by atoms with Crippen molar-refractivity contribution in [2.75, 3.05) is 37.7 Å². The SMILES string of the molecule is Cc1nc(N2CCOCC2)[nH]c(=O)c1CCC(=O)NCC1(c2ccccc2)CCCC1. The van der Waals surface area contributed by atoms with E-state index in [4.69, 9.17) is 4.74 Å². The number of nitrogens with one attached hydrogen (secondary N) is 2. The van der Waals surface area contributed by atoms with Gasteiger partial charge in [-0.05, 0) is 31.7 Å². The minimum absolute atomic E-state index is 0.0155. The van der Waals surface area contributed by atoms with E-state index in [9.17, 15) is 9.59 Å². The average molecular weight is 425 g/mol. The van der Waals surface area contributed by atoms with Gasteiger partial charge in [0.25, 0.3) is 5.56 Å². The number of morpholine rings is 1. The number of amides is 1. The minimum atomic E-state index is -0.154. The highest BCUT2D eigenvalue weighted by atomic mass is 16.5. The minimum Gasteiger partial charge on any atom is -0.378 e. The van der Waals surface area contributed by atoms with Crippen LogP contribution < -0.4 is 15.8 Å². The van der Waals surface area contributed by atoms with Gasteiger partial charge in [0.2, 0.25) is 11.9 Å². The first-order chi connectivity index (χ1) is 15.1. The van der Waals surface area contributed by atoms with Gasteiger partial charge in [0, 0.05) is 42.7 Å². The van der Waals surface area contributed by atoms with E-state index in [1.54, 1.807) is 0 Å². The van der Waals surface area contributed by atoms with E-state index in [2.05, 4.69) is 39.6 Å². The number of nitrogens with zero attached hydrogens (tertiary/aromatic N) is 2. The lowest BCUT2D eigenvalue weighted by molar-refractivity contribution is -0.121. The number of anilines is 1. The average Bonchev–Trinajstić information content (AvgIpc) is 3.28. The molecule has 0 atom stereocenters. The fourth-order valence-electron chi connectivity index (χ4n) is 4.82. The van der Waals surface area contributed by atoms with Gasteiger partial charge in [0.05, 0.1) is 13.2 Å². The monoisotopic (exact) mass is 424 g/mol. The molecule has 2 fully saturated rings. The lowest BCUT2D eigenvalue weighted by Crippen LogP contribution is -2.39. The molecule has 1 aliphatic carbocycles. The topological polar surface area (TPSA) is 87.3 Å². The summed E-state index contributed by atoms with van der Waals surface area (Å²) in [6.07, 6.45) is 5.27. The Kier molecular flexibility index (Phi) is 6.70. The van der Waals surface area contributed by atoms with Crippen LogP contribution in [0.4, 0.5) is 5.95 Å². The van der Waals surface area contributed by atoms with Crippen molar-refractivity contribution < 1.29 is 9.53 Å². The van der Waals surface area contributed by atoms with Gasteiger partial charge < -0.3 is 15.0 Å². The number of aromatic amines is 1. The third-order valence-corrected chi connectivity index (χ3v) is 6.69. The zero-order valence-electron chi connectivity index (χ0n) is 18.3. The predicted molar refractivity (Wildman–Crippen MR) is 121 cm³/mol. The largest absolute Gasteiger partial charge is 0.378 e. The van der Waals surface area contributed by atoms with Crippen molar-refractivity contribution in [3.8, 4) is 0 Å². The van der Waals surface area contributed by atoms with E-state index in [1.165, 1.54) is 18.4 Å². The Labute approximate surface area is 183 Å². The molecule has 0 spiro atoms. The standard InChI is InChI=1S/C24H32N4O3/c1-18-20(22(30)27-23(26-18)28-13-15-31-16-14-28)9-10-21(29)25-17-24(11-5-6-12-24)19-7-3-2-4-8-19/h2-4,7-8H,5-6,9-17H2,1H3,(H,25,29)(H,26,27,30). The van der Waals surface area contributed by atoms with Crippen LogP contribution in [-0.4, -0.2) is 48.7 Å². The molecule has 1 aliphatic heterocycles. The molecule has 1 saturated carbocycles. The highest BCUT2D eigenvalue weighted by molar-refractivity contribution is 5.76. The normalized spacial score (nSPS) is 18.2. The highest BCUT2D eigenvalue weighted by Gasteiger charge is 2.35. The van der Waals surface area contributed by atoms with Gasteiger partial charge in [0.1, 0.15) is 0 Å². The maximum absolute atomic E-state index is 12.6. The predicted octanol–water partition coefficient (Wildman–Crippen LogP) is 2.48. The second kappa shape index (κ2) is 9.64. The maximum atomic E-state index is 12.6. The molecular weight excluding hydrogens is 392 g/mol. The van der Waals surface area contributed by atoms with Crippen LogP contribution in [0.3, 0.4) is 0 Å². The number of hydrogen-bond acceptors (Lipinski definition) is 5. The van der Waals surface area contributed by atoms with Crippen LogP contribution in [-0.2, 0) is 21.4 Å². The Bertz CT molecular complexity index is 945. The molecule has 31 heavy (non-hydrogen) atoms. The van der Waals surface area contributed by atoms with E-state index in [0.717, 1.165) is 12.8 Å². The van der Waals surface area contributed by atoms with Crippen molar-refractivity contribution >= 4 is 11.9 Å². The van der Waals surface area contributed by atoms with Crippen LogP contribution in [0.25, 0.3) is 0 Å². The number of carbonyl (C=O) groups is 1. The highest BCUT2D eigenvalue weighted by Crippen LogP contribution is 2.40. The number of aryl methyl sites for hydroxylation is 1. The van der Waals surface area contributed by atoms with Gasteiger partial charge in [-0.15, -0.1) is 0 Å². The lowest BCUT2D eigenvalue weighted by Gasteiger charge is -2.30. The van der Waals surface area contributed by atoms with Crippen LogP contribution >= 0.6 is 0 Å². The summed E-state index contributed by atoms with van der Waals surface area (Å²) in [7, 11) is 0. The Hall–Kier alpha value is -2.67. The summed E-state index contributed by atoms with van der Waals surface area (Å²) in [5.41, 5.74) is 2.47. The van der Waals surface area contributed by atoms with Crippen molar-refractivity contribution in [1.82, 2.24) is 15.3 Å². The molecule has 2 aliphatic rings. The van der Waals surface area contributed by atoms with E-state index >= 15 is 0 Å². The molecule has 0 unspecified atom stereocenters. The van der Waals surface area contributed by atoms with Gasteiger partial charge in [-0.3, -0.25) is 14.6 Å². The van der Waals surface area contributed by atoms with Crippen LogP contribution in [0.5, 0.6) is 0 Å². The van der Waals surface area contributed by atoms with Crippen LogP contribution in [0.15, 0.2) is 35.1 Å². The summed E-state index contributed by atoms with van der Waals surface area (Å²) >= 11 is 0. The molecule has 2 N–H and O–H groups in total. The van der Waals surface area contributed by atoms with Gasteiger partial charge in [-0.2, -0.15) is 0 Å². The molecule has 0 radical (unpaired) electrons. The molecule has 1 aromatic heterocycles. The molecule has 1 aromatic carbocycles. The second-order valence-corrected chi connectivity index (χ2v) is 8.68. The van der Waals surface area contributed by atoms with Crippen LogP contribution in [0, 0.1) is 6.92 Å². The number of carbonyl (C=O) groups excluding carboxylic acids is 1. The van der Waals surface area contributed by atoms with Gasteiger partial charge in [-0.25, -0.2) is 4.98 Å². The Morgan fingerprint density at radius 1 is 1.19 bits per heavy atom. The van der Waals surface area contributed by atoms with Gasteiger partial charge in [0.15, 0.2) is 0 Å². The lowest BCUT2D eigenvalue weighted by atomic mass is 9.79. The molecule has 7 nitrogen and oxygen atoms in total. The zero-order chi connectivity index (χ0) is 21.7. The molecule has 1 amide bonds. The molecule has 7 heteroatoms. The second-order valence-electron chi connectivity index (χ2n) is 8.68. The number of rotatable bonds is 7. The number of H-pyrrole nitrogens is 1. The molecule has 2 heterocycles. The summed E-state index contributed by atoms with van der Waals surface area (Å²) in [5.74, 6) is 0.572. The fourth-order valence-corrected chi connectivity index (χ4v) is 4.82. The van der Waals surface area contributed by atoms with Gasteiger partial charge in [-0.1, -0.05) is 43.2 Å². The summed E-state index contributed by atoms with van der Waals surface area (Å²) < 4.78 is 5.36. The molecule has 0 bridgehead atoms. The summed E-state index contributed by atoms with van der Waals surface area (Å²) in [6, 6.07) is 10.5. The van der Waals surface area contributed by atoms with Crippen molar-refractivity contribution in [3.05, 3.63) is 57.5 Å². The fraction of sp³-hybridized carbons (Fsp3) is 0.542. The van der Waals surface area contributed by atoms with Crippen LogP contribution in [0.2, 0.25) is 0 Å². The maximum Gasteiger partial charge on any atom is 0.255 e. The molecule has 2 aromatic rings. The first-order valence-corrected chi connectivity index (χ1v) is 11.3. The smallest absolute Gasteiger partial charge is 0.255 e. The quantitative estimate of drug-likeness (QED) is 0.713. The molecule has 166 valence electrons. The van der Waals surface area contributed by atoms with Crippen molar-refractivity contribution in [2.24, 2.45) is 0 Å². The Morgan fingerprint density at radius 3 is 2.58 bits per heavy atom. The third-order valence-electron chi connectivity index (χ3n) is 6.69. The number of hydrogen-bond donors (Lipinski definition) is 2. The zero-order valence-corrected chi connectivity index (χ0v) is 18.3. The number of benzene rings is 1. The summed E-state index contributed by atoms with van der Waals surface area (Å²) in [5, 5.41) is 3.14. The number of ether oxygens (including phenoxy) is 1. The van der Waals surface area contributed by atoms with E-state index in [-0.39, 0.29) is 23.3 Å². The third kappa shape index (κ3) is 4.98. The first kappa shape index (κ1) is 21.6. The Morgan fingerprint density at radius 2 is 1.90 bits per heavy atom. The van der Waals surface area contributed by atoms with E-state index in [0.29, 0.717) is 56.5 Å². The van der Waals surface area contributed by atoms with Crippen molar-refractivity contribution in [1.29, 1.82) is 0 Å². The van der Waals surface area contributed by atoms with E-state index < -0.39 is 0 Å². The summed E-state index contributed by atoms with van der Waals surface area (Å²) in [6.45, 7) is 5.19. The molecule has 1 saturated heterocycles.